The maximum absolute atomic E-state index is 5.26. The van der Waals surface area contributed by atoms with Gasteiger partial charge >= 0.3 is 0 Å². The molecule has 7 heteroatoms. The molecule has 110 valence electrons. The molecule has 0 fully saturated rings. The van der Waals surface area contributed by atoms with Crippen molar-refractivity contribution in [2.24, 2.45) is 0 Å². The van der Waals surface area contributed by atoms with Crippen LogP contribution in [0.3, 0.4) is 0 Å². The molecule has 2 N–H and O–H groups in total. The highest BCUT2D eigenvalue weighted by molar-refractivity contribution is 9.11. The Labute approximate surface area is 145 Å². The zero-order chi connectivity index (χ0) is 15.2. The number of aromatic nitrogens is 1. The van der Waals surface area contributed by atoms with Crippen molar-refractivity contribution in [3.05, 3.63) is 51.0 Å². The van der Waals surface area contributed by atoms with Gasteiger partial charge in [0.15, 0.2) is 5.11 Å². The van der Waals surface area contributed by atoms with E-state index in [9.17, 15) is 0 Å². The molecule has 0 aliphatic rings. The van der Waals surface area contributed by atoms with E-state index in [4.69, 9.17) is 17.0 Å². The van der Waals surface area contributed by atoms with E-state index in [1.807, 2.05) is 30.3 Å². The monoisotopic (exact) mass is 429 g/mol. The Morgan fingerprint density at radius 2 is 2.00 bits per heavy atom. The molecule has 2 aromatic rings. The first-order valence-corrected chi connectivity index (χ1v) is 8.07. The highest BCUT2D eigenvalue weighted by Crippen LogP contribution is 2.23. The number of rotatable bonds is 4. The topological polar surface area (TPSA) is 46.2 Å². The number of nitrogens with one attached hydrogen (secondary N) is 2. The predicted octanol–water partition coefficient (Wildman–Crippen LogP) is 4.10. The van der Waals surface area contributed by atoms with Crippen LogP contribution < -0.4 is 15.4 Å². The number of nitrogens with zero attached hydrogens (tertiary/aromatic N) is 1. The van der Waals surface area contributed by atoms with Crippen molar-refractivity contribution in [1.82, 2.24) is 10.3 Å². The number of ether oxygens (including phenoxy) is 1. The predicted molar refractivity (Wildman–Crippen MR) is 95.7 cm³/mol. The summed E-state index contributed by atoms with van der Waals surface area (Å²) in [6.45, 7) is 0.629. The molecule has 0 aliphatic carbocycles. The van der Waals surface area contributed by atoms with Gasteiger partial charge in [0.1, 0.15) is 11.6 Å². The summed E-state index contributed by atoms with van der Waals surface area (Å²) in [5.41, 5.74) is 1.11. The lowest BCUT2D eigenvalue weighted by molar-refractivity contribution is 0.414. The van der Waals surface area contributed by atoms with Gasteiger partial charge in [-0.2, -0.15) is 0 Å². The third-order valence-electron chi connectivity index (χ3n) is 2.65. The summed E-state index contributed by atoms with van der Waals surface area (Å²) in [5, 5.41) is 6.70. The van der Waals surface area contributed by atoms with Gasteiger partial charge < -0.3 is 15.4 Å². The van der Waals surface area contributed by atoms with Crippen molar-refractivity contribution in [3.63, 3.8) is 0 Å². The van der Waals surface area contributed by atoms with E-state index in [-0.39, 0.29) is 0 Å². The van der Waals surface area contributed by atoms with Crippen LogP contribution in [0.5, 0.6) is 5.75 Å². The summed E-state index contributed by atoms with van der Waals surface area (Å²) in [5.74, 6) is 1.51. The standard InChI is InChI=1S/C14H13Br2N3OS/c1-20-11-4-2-9(3-5-11)7-18-14(21)19-13-12(16)6-10(15)8-17-13/h2-6,8H,7H2,1H3,(H2,17,18,19,21). The number of thiocarbonyl (C=S) groups is 1. The lowest BCUT2D eigenvalue weighted by Gasteiger charge is -2.11. The summed E-state index contributed by atoms with van der Waals surface area (Å²) in [6, 6.07) is 9.71. The van der Waals surface area contributed by atoms with Crippen LogP contribution in [-0.2, 0) is 6.54 Å². The van der Waals surface area contributed by atoms with Crippen LogP contribution in [0.2, 0.25) is 0 Å². The van der Waals surface area contributed by atoms with Crippen molar-refractivity contribution in [2.45, 2.75) is 6.54 Å². The highest BCUT2D eigenvalue weighted by Gasteiger charge is 2.04. The van der Waals surface area contributed by atoms with E-state index < -0.39 is 0 Å². The fourth-order valence-electron chi connectivity index (χ4n) is 1.58. The first kappa shape index (κ1) is 16.2. The first-order chi connectivity index (χ1) is 10.1. The number of anilines is 1. The first-order valence-electron chi connectivity index (χ1n) is 6.07. The molecular formula is C14H13Br2N3OS. The van der Waals surface area contributed by atoms with Crippen LogP contribution in [-0.4, -0.2) is 17.2 Å². The SMILES string of the molecule is COc1ccc(CNC(=S)Nc2ncc(Br)cc2Br)cc1. The summed E-state index contributed by atoms with van der Waals surface area (Å²) in [4.78, 5) is 4.25. The second kappa shape index (κ2) is 7.72. The third kappa shape index (κ3) is 4.94. The number of halogens is 2. The van der Waals surface area contributed by atoms with E-state index in [1.165, 1.54) is 0 Å². The molecule has 0 spiro atoms. The highest BCUT2D eigenvalue weighted by atomic mass is 79.9. The molecule has 1 aromatic carbocycles. The smallest absolute Gasteiger partial charge is 0.172 e. The summed E-state index contributed by atoms with van der Waals surface area (Å²) in [7, 11) is 1.65. The second-order valence-electron chi connectivity index (χ2n) is 4.14. The van der Waals surface area contributed by atoms with Gasteiger partial charge in [-0.15, -0.1) is 0 Å². The second-order valence-corrected chi connectivity index (χ2v) is 6.32. The van der Waals surface area contributed by atoms with Gasteiger partial charge in [0.05, 0.1) is 11.6 Å². The van der Waals surface area contributed by atoms with Crippen LogP contribution in [0.25, 0.3) is 0 Å². The van der Waals surface area contributed by atoms with Gasteiger partial charge in [0.2, 0.25) is 0 Å². The molecule has 0 atom stereocenters. The van der Waals surface area contributed by atoms with E-state index in [1.54, 1.807) is 13.3 Å². The molecule has 0 bridgehead atoms. The quantitative estimate of drug-likeness (QED) is 0.715. The van der Waals surface area contributed by atoms with Gasteiger partial charge in [-0.3, -0.25) is 0 Å². The normalized spacial score (nSPS) is 10.0. The van der Waals surface area contributed by atoms with Crippen molar-refractivity contribution in [1.29, 1.82) is 0 Å². The molecular weight excluding hydrogens is 418 g/mol. The van der Waals surface area contributed by atoms with E-state index in [2.05, 4.69) is 47.5 Å². The van der Waals surface area contributed by atoms with Crippen molar-refractivity contribution < 1.29 is 4.74 Å². The van der Waals surface area contributed by atoms with E-state index >= 15 is 0 Å². The molecule has 0 radical (unpaired) electrons. The van der Waals surface area contributed by atoms with Crippen LogP contribution in [0.15, 0.2) is 45.5 Å². The van der Waals surface area contributed by atoms with Crippen molar-refractivity contribution >= 4 is 55.0 Å². The molecule has 0 aliphatic heterocycles. The maximum atomic E-state index is 5.26. The minimum absolute atomic E-state index is 0.515. The van der Waals surface area contributed by atoms with Gasteiger partial charge in [-0.05, 0) is 67.8 Å². The molecule has 4 nitrogen and oxygen atoms in total. The fraction of sp³-hybridized carbons (Fsp3) is 0.143. The lowest BCUT2D eigenvalue weighted by Crippen LogP contribution is -2.28. The van der Waals surface area contributed by atoms with Gasteiger partial charge in [-0.1, -0.05) is 12.1 Å². The third-order valence-corrected chi connectivity index (χ3v) is 3.94. The zero-order valence-electron chi connectivity index (χ0n) is 11.2. The fourth-order valence-corrected chi connectivity index (χ4v) is 2.84. The van der Waals surface area contributed by atoms with Crippen LogP contribution in [0.1, 0.15) is 5.56 Å². The Hall–Kier alpha value is -1.18. The number of hydrogen-bond acceptors (Lipinski definition) is 3. The Morgan fingerprint density at radius 1 is 1.29 bits per heavy atom. The Bertz CT molecular complexity index is 635. The Balaban J connectivity index is 1.89. The average molecular weight is 431 g/mol. The van der Waals surface area contributed by atoms with E-state index in [0.29, 0.717) is 17.5 Å². The molecule has 1 heterocycles. The summed E-state index contributed by atoms with van der Waals surface area (Å²) in [6.07, 6.45) is 1.71. The number of methoxy groups -OCH3 is 1. The summed E-state index contributed by atoms with van der Waals surface area (Å²) < 4.78 is 6.86. The van der Waals surface area contributed by atoms with Gasteiger partial charge in [-0.25, -0.2) is 4.98 Å². The molecule has 2 rings (SSSR count). The lowest BCUT2D eigenvalue weighted by atomic mass is 10.2. The number of hydrogen-bond donors (Lipinski definition) is 2. The van der Waals surface area contributed by atoms with Crippen LogP contribution >= 0.6 is 44.1 Å². The van der Waals surface area contributed by atoms with Crippen molar-refractivity contribution in [2.75, 3.05) is 12.4 Å². The minimum Gasteiger partial charge on any atom is -0.497 e. The van der Waals surface area contributed by atoms with Gasteiger partial charge in [0, 0.05) is 17.2 Å². The molecule has 0 unspecified atom stereocenters. The molecule has 21 heavy (non-hydrogen) atoms. The average Bonchev–Trinajstić information content (AvgIpc) is 2.48. The minimum atomic E-state index is 0.515. The Kier molecular flexibility index (Phi) is 5.96. The Morgan fingerprint density at radius 3 is 2.62 bits per heavy atom. The molecule has 0 saturated heterocycles. The number of benzene rings is 1. The largest absolute Gasteiger partial charge is 0.497 e. The molecule has 0 amide bonds. The van der Waals surface area contributed by atoms with Crippen LogP contribution in [0, 0.1) is 0 Å². The molecule has 1 aromatic heterocycles. The van der Waals surface area contributed by atoms with Crippen molar-refractivity contribution in [3.8, 4) is 5.75 Å². The van der Waals surface area contributed by atoms with Gasteiger partial charge in [0.25, 0.3) is 0 Å². The van der Waals surface area contributed by atoms with Crippen LogP contribution in [0.4, 0.5) is 5.82 Å². The van der Waals surface area contributed by atoms with E-state index in [0.717, 1.165) is 20.3 Å². The zero-order valence-corrected chi connectivity index (χ0v) is 15.2. The number of pyridine rings is 1. The maximum Gasteiger partial charge on any atom is 0.172 e. The summed E-state index contributed by atoms with van der Waals surface area (Å²) >= 11 is 12.0. The molecule has 0 saturated carbocycles.